The highest BCUT2D eigenvalue weighted by molar-refractivity contribution is 5.78. The van der Waals surface area contributed by atoms with Gasteiger partial charge in [0.15, 0.2) is 0 Å². The molecule has 1 aliphatic rings. The number of carbonyl (C=O) groups excluding carboxylic acids is 1. The molecule has 0 atom stereocenters. The van der Waals surface area contributed by atoms with Crippen molar-refractivity contribution in [1.29, 1.82) is 0 Å². The number of piperidine rings is 1. The topological polar surface area (TPSA) is 50.8 Å². The van der Waals surface area contributed by atoms with Crippen LogP contribution in [0.3, 0.4) is 0 Å². The first-order chi connectivity index (χ1) is 9.27. The zero-order valence-electron chi connectivity index (χ0n) is 11.7. The second-order valence-corrected chi connectivity index (χ2v) is 4.46. The maximum absolute atomic E-state index is 11.8. The average Bonchev–Trinajstić information content (AvgIpc) is 2.44. The van der Waals surface area contributed by atoms with Crippen LogP contribution in [0.2, 0.25) is 0 Å². The number of nitrogens with one attached hydrogen (secondary N) is 1. The number of nitrogens with zero attached hydrogens (tertiary/aromatic N) is 1. The maximum Gasteiger partial charge on any atom is 0.236 e. The van der Waals surface area contributed by atoms with Gasteiger partial charge in [-0.15, -0.1) is 6.42 Å². The summed E-state index contributed by atoms with van der Waals surface area (Å²) in [7, 11) is 0. The Labute approximate surface area is 115 Å². The number of carbonyl (C=O) groups is 1. The van der Waals surface area contributed by atoms with E-state index in [1.165, 1.54) is 0 Å². The molecule has 0 saturated carbocycles. The number of likely N-dealkylation sites (tertiary alicyclic amines) is 1. The summed E-state index contributed by atoms with van der Waals surface area (Å²) in [5.41, 5.74) is 0. The van der Waals surface area contributed by atoms with Crippen LogP contribution in [0.25, 0.3) is 0 Å². The summed E-state index contributed by atoms with van der Waals surface area (Å²) in [6.45, 7) is 6.25. The molecule has 1 rings (SSSR count). The van der Waals surface area contributed by atoms with Crippen molar-refractivity contribution in [2.45, 2.75) is 25.9 Å². The van der Waals surface area contributed by atoms with E-state index in [1.54, 1.807) is 0 Å². The van der Waals surface area contributed by atoms with E-state index in [2.05, 4.69) is 11.2 Å². The molecular formula is C14H24N2O3. The third-order valence-electron chi connectivity index (χ3n) is 3.08. The number of ether oxygens (including phenoxy) is 2. The predicted molar refractivity (Wildman–Crippen MR) is 73.7 cm³/mol. The van der Waals surface area contributed by atoms with E-state index in [0.29, 0.717) is 26.3 Å². The van der Waals surface area contributed by atoms with E-state index in [-0.39, 0.29) is 12.0 Å². The van der Waals surface area contributed by atoms with Gasteiger partial charge >= 0.3 is 0 Å². The van der Waals surface area contributed by atoms with Gasteiger partial charge in [-0.3, -0.25) is 10.1 Å². The van der Waals surface area contributed by atoms with Gasteiger partial charge < -0.3 is 14.4 Å². The molecule has 0 aromatic carbocycles. The van der Waals surface area contributed by atoms with Gasteiger partial charge in [0.05, 0.1) is 32.4 Å². The minimum atomic E-state index is 0.114. The highest BCUT2D eigenvalue weighted by Gasteiger charge is 2.22. The molecule has 1 aliphatic heterocycles. The van der Waals surface area contributed by atoms with Crippen molar-refractivity contribution in [3.8, 4) is 12.3 Å². The molecule has 0 bridgehead atoms. The minimum Gasteiger partial charge on any atom is -0.379 e. The Morgan fingerprint density at radius 1 is 1.42 bits per heavy atom. The van der Waals surface area contributed by atoms with Gasteiger partial charge in [-0.05, 0) is 19.8 Å². The third-order valence-corrected chi connectivity index (χ3v) is 3.08. The van der Waals surface area contributed by atoms with Crippen molar-refractivity contribution in [3.05, 3.63) is 0 Å². The highest BCUT2D eigenvalue weighted by atomic mass is 16.5. The number of hydrogen-bond donors (Lipinski definition) is 1. The Morgan fingerprint density at radius 2 is 2.16 bits per heavy atom. The monoisotopic (exact) mass is 268 g/mol. The number of hydrogen-bond acceptors (Lipinski definition) is 4. The minimum absolute atomic E-state index is 0.114. The molecule has 0 aromatic rings. The van der Waals surface area contributed by atoms with Gasteiger partial charge in [0, 0.05) is 19.7 Å². The zero-order chi connectivity index (χ0) is 13.9. The van der Waals surface area contributed by atoms with Crippen LogP contribution >= 0.6 is 0 Å². The first-order valence-electron chi connectivity index (χ1n) is 6.89. The molecule has 108 valence electrons. The summed E-state index contributed by atoms with van der Waals surface area (Å²) in [6, 6.07) is 0. The molecule has 0 radical (unpaired) electrons. The summed E-state index contributed by atoms with van der Waals surface area (Å²) >= 11 is 0. The van der Waals surface area contributed by atoms with Crippen molar-refractivity contribution in [2.75, 3.05) is 46.0 Å². The fourth-order valence-corrected chi connectivity index (χ4v) is 2.04. The predicted octanol–water partition coefficient (Wildman–Crippen LogP) is 0.253. The van der Waals surface area contributed by atoms with Gasteiger partial charge in [0.25, 0.3) is 0 Å². The van der Waals surface area contributed by atoms with Crippen molar-refractivity contribution >= 4 is 5.91 Å². The maximum atomic E-state index is 11.8. The highest BCUT2D eigenvalue weighted by Crippen LogP contribution is 2.13. The molecule has 0 unspecified atom stereocenters. The van der Waals surface area contributed by atoms with Crippen molar-refractivity contribution in [2.24, 2.45) is 0 Å². The fraction of sp³-hybridized carbons (Fsp3) is 0.786. The fourth-order valence-electron chi connectivity index (χ4n) is 2.04. The lowest BCUT2D eigenvalue weighted by Crippen LogP contribution is -2.44. The normalized spacial score (nSPS) is 16.3. The summed E-state index contributed by atoms with van der Waals surface area (Å²) in [5.74, 6) is 2.57. The van der Waals surface area contributed by atoms with E-state index in [4.69, 9.17) is 15.9 Å². The van der Waals surface area contributed by atoms with Crippen molar-refractivity contribution in [3.63, 3.8) is 0 Å². The lowest BCUT2D eigenvalue weighted by Gasteiger charge is -2.32. The van der Waals surface area contributed by atoms with Crippen LogP contribution in [-0.2, 0) is 14.3 Å². The zero-order valence-corrected chi connectivity index (χ0v) is 11.7. The lowest BCUT2D eigenvalue weighted by molar-refractivity contribution is -0.133. The largest absolute Gasteiger partial charge is 0.379 e. The Kier molecular flexibility index (Phi) is 8.23. The van der Waals surface area contributed by atoms with Crippen LogP contribution in [0.15, 0.2) is 0 Å². The van der Waals surface area contributed by atoms with E-state index >= 15 is 0 Å². The van der Waals surface area contributed by atoms with E-state index in [1.807, 2.05) is 11.8 Å². The van der Waals surface area contributed by atoms with Gasteiger partial charge in [-0.2, -0.15) is 0 Å². The standard InChI is InChI=1S/C14H24N2O3/c1-3-7-15-12-14(17)16-8-5-13(6-9-16)19-11-10-18-4-2/h1,13,15H,4-12H2,2H3. The number of amides is 1. The smallest absolute Gasteiger partial charge is 0.236 e. The Bertz CT molecular complexity index is 294. The second-order valence-electron chi connectivity index (χ2n) is 4.46. The summed E-state index contributed by atoms with van der Waals surface area (Å²) in [6.07, 6.45) is 7.16. The van der Waals surface area contributed by atoms with Crippen LogP contribution in [0, 0.1) is 12.3 Å². The van der Waals surface area contributed by atoms with Gasteiger partial charge in [0.2, 0.25) is 5.91 Å². The summed E-state index contributed by atoms with van der Waals surface area (Å²) < 4.78 is 10.9. The van der Waals surface area contributed by atoms with Crippen LogP contribution in [0.4, 0.5) is 0 Å². The molecule has 1 heterocycles. The van der Waals surface area contributed by atoms with Crippen LogP contribution in [0.1, 0.15) is 19.8 Å². The van der Waals surface area contributed by atoms with Gasteiger partial charge in [0.1, 0.15) is 0 Å². The summed E-state index contributed by atoms with van der Waals surface area (Å²) in [4.78, 5) is 13.7. The van der Waals surface area contributed by atoms with E-state index < -0.39 is 0 Å². The van der Waals surface area contributed by atoms with Crippen molar-refractivity contribution < 1.29 is 14.3 Å². The van der Waals surface area contributed by atoms with Crippen molar-refractivity contribution in [1.82, 2.24) is 10.2 Å². The molecule has 1 N–H and O–H groups in total. The second kappa shape index (κ2) is 9.79. The molecule has 5 heteroatoms. The van der Waals surface area contributed by atoms with Crippen LogP contribution in [0.5, 0.6) is 0 Å². The van der Waals surface area contributed by atoms with Crippen LogP contribution < -0.4 is 5.32 Å². The third kappa shape index (κ3) is 6.58. The number of terminal acetylenes is 1. The van der Waals surface area contributed by atoms with E-state index in [9.17, 15) is 4.79 Å². The molecule has 1 fully saturated rings. The lowest BCUT2D eigenvalue weighted by atomic mass is 10.1. The SMILES string of the molecule is C#CCNCC(=O)N1CCC(OCCOCC)CC1. The first kappa shape index (κ1) is 16.0. The van der Waals surface area contributed by atoms with Crippen LogP contribution in [-0.4, -0.2) is 62.9 Å². The Hall–Kier alpha value is -1.09. The first-order valence-corrected chi connectivity index (χ1v) is 6.89. The average molecular weight is 268 g/mol. The molecule has 0 aliphatic carbocycles. The molecule has 1 saturated heterocycles. The molecule has 19 heavy (non-hydrogen) atoms. The number of rotatable bonds is 8. The van der Waals surface area contributed by atoms with Gasteiger partial charge in [-0.25, -0.2) is 0 Å². The molecule has 0 spiro atoms. The summed E-state index contributed by atoms with van der Waals surface area (Å²) in [5, 5.41) is 2.92. The van der Waals surface area contributed by atoms with Gasteiger partial charge in [-0.1, -0.05) is 5.92 Å². The quantitative estimate of drug-likeness (QED) is 0.506. The Morgan fingerprint density at radius 3 is 2.79 bits per heavy atom. The Balaban J connectivity index is 2.11. The molecule has 0 aromatic heterocycles. The molecule has 1 amide bonds. The molecular weight excluding hydrogens is 244 g/mol. The molecule has 5 nitrogen and oxygen atoms in total. The van der Waals surface area contributed by atoms with E-state index in [0.717, 1.165) is 32.5 Å².